The number of nitrogens with two attached hydrogens (primary N) is 1. The van der Waals surface area contributed by atoms with Gasteiger partial charge >= 0.3 is 5.97 Å². The topological polar surface area (TPSA) is 61.5 Å². The van der Waals surface area contributed by atoms with Gasteiger partial charge in [0.1, 0.15) is 12.4 Å². The molecule has 6 heteroatoms. The lowest BCUT2D eigenvalue weighted by atomic mass is 10.2. The lowest BCUT2D eigenvalue weighted by molar-refractivity contribution is -0.137. The van der Waals surface area contributed by atoms with E-state index < -0.39 is 0 Å². The quantitative estimate of drug-likeness (QED) is 0.584. The second kappa shape index (κ2) is 11.4. The van der Waals surface area contributed by atoms with Gasteiger partial charge in [0.15, 0.2) is 0 Å². The summed E-state index contributed by atoms with van der Waals surface area (Å²) in [5, 5.41) is 1.85. The smallest absolute Gasteiger partial charge is 0.315 e. The molecule has 0 radical (unpaired) electrons. The van der Waals surface area contributed by atoms with Crippen LogP contribution < -0.4 is 10.5 Å². The molecule has 2 rings (SSSR count). The summed E-state index contributed by atoms with van der Waals surface area (Å²) in [6, 6.07) is 17.7. The van der Waals surface area contributed by atoms with Crippen molar-refractivity contribution in [2.75, 3.05) is 19.5 Å². The number of benzene rings is 2. The minimum atomic E-state index is -0.222. The van der Waals surface area contributed by atoms with Gasteiger partial charge in [0.2, 0.25) is 0 Å². The molecule has 0 fully saturated rings. The highest BCUT2D eigenvalue weighted by Crippen LogP contribution is 2.26. The maximum atomic E-state index is 11.2. The van der Waals surface area contributed by atoms with Gasteiger partial charge in [-0.1, -0.05) is 60.8 Å². The number of carbonyl (C=O) groups excluding carboxylic acids is 1. The molecule has 4 nitrogen and oxygen atoms in total. The Morgan fingerprint density at radius 2 is 1.96 bits per heavy atom. The van der Waals surface area contributed by atoms with E-state index >= 15 is 0 Å². The van der Waals surface area contributed by atoms with E-state index in [2.05, 4.69) is 11.3 Å². The van der Waals surface area contributed by atoms with E-state index in [0.29, 0.717) is 23.8 Å². The number of hydrogen-bond acceptors (Lipinski definition) is 6. The van der Waals surface area contributed by atoms with Crippen LogP contribution in [0.1, 0.15) is 11.1 Å². The molecule has 0 saturated carbocycles. The van der Waals surface area contributed by atoms with Gasteiger partial charge in [-0.3, -0.25) is 4.79 Å². The third-order valence-corrected chi connectivity index (χ3v) is 5.39. The summed E-state index contributed by atoms with van der Waals surface area (Å²) < 4.78 is 10.4. The van der Waals surface area contributed by atoms with Gasteiger partial charge in [-0.05, 0) is 28.7 Å². The van der Waals surface area contributed by atoms with Crippen molar-refractivity contribution in [2.45, 2.75) is 5.75 Å². The van der Waals surface area contributed by atoms with Crippen LogP contribution in [0, 0.1) is 0 Å². The first-order valence-electron chi connectivity index (χ1n) is 8.30. The highest BCUT2D eigenvalue weighted by atomic mass is 32.2. The summed E-state index contributed by atoms with van der Waals surface area (Å²) in [5.41, 5.74) is 8.81. The molecule has 27 heavy (non-hydrogen) atoms. The lowest BCUT2D eigenvalue weighted by Gasteiger charge is -2.09. The SMILES string of the molecule is C=C(S/C=C(\N)COc1cccc(CSCC(=O)OC)c1)c1ccccc1. The van der Waals surface area contributed by atoms with Crippen LogP contribution in [0.4, 0.5) is 0 Å². The van der Waals surface area contributed by atoms with Crippen molar-refractivity contribution < 1.29 is 14.3 Å². The molecule has 0 amide bonds. The predicted molar refractivity (Wildman–Crippen MR) is 115 cm³/mol. The van der Waals surface area contributed by atoms with Gasteiger partial charge in [0.05, 0.1) is 18.6 Å². The first kappa shape index (κ1) is 21.0. The zero-order chi connectivity index (χ0) is 19.5. The number of hydrogen-bond donors (Lipinski definition) is 1. The van der Waals surface area contributed by atoms with Crippen molar-refractivity contribution in [3.8, 4) is 5.75 Å². The molecule has 0 atom stereocenters. The molecule has 2 aromatic carbocycles. The molecule has 0 saturated heterocycles. The Hall–Kier alpha value is -2.31. The van der Waals surface area contributed by atoms with E-state index in [1.54, 1.807) is 0 Å². The molecule has 2 N–H and O–H groups in total. The summed E-state index contributed by atoms with van der Waals surface area (Å²) in [4.78, 5) is 12.1. The van der Waals surface area contributed by atoms with Gasteiger partial charge in [0, 0.05) is 10.7 Å². The minimum Gasteiger partial charge on any atom is -0.487 e. The molecule has 0 unspecified atom stereocenters. The van der Waals surface area contributed by atoms with Crippen molar-refractivity contribution >= 4 is 34.4 Å². The Kier molecular flexibility index (Phi) is 8.87. The average molecular weight is 402 g/mol. The largest absolute Gasteiger partial charge is 0.487 e. The number of thioether (sulfide) groups is 2. The summed E-state index contributed by atoms with van der Waals surface area (Å²) in [6.45, 7) is 4.36. The summed E-state index contributed by atoms with van der Waals surface area (Å²) in [6.07, 6.45) is 0. The highest BCUT2D eigenvalue weighted by Gasteiger charge is 2.03. The summed E-state index contributed by atoms with van der Waals surface area (Å²) in [7, 11) is 1.39. The average Bonchev–Trinajstić information content (AvgIpc) is 2.71. The Bertz CT molecular complexity index is 791. The molecule has 0 aliphatic carbocycles. The third kappa shape index (κ3) is 7.85. The van der Waals surface area contributed by atoms with Gasteiger partial charge in [-0.2, -0.15) is 0 Å². The van der Waals surface area contributed by atoms with Crippen LogP contribution in [0.3, 0.4) is 0 Å². The number of esters is 1. The molecular weight excluding hydrogens is 378 g/mol. The van der Waals surface area contributed by atoms with Crippen LogP contribution in [0.5, 0.6) is 5.75 Å². The van der Waals surface area contributed by atoms with Gasteiger partial charge in [0.25, 0.3) is 0 Å². The first-order chi connectivity index (χ1) is 13.1. The van der Waals surface area contributed by atoms with Crippen LogP contribution in [-0.2, 0) is 15.3 Å². The zero-order valence-corrected chi connectivity index (χ0v) is 16.9. The van der Waals surface area contributed by atoms with E-state index in [-0.39, 0.29) is 5.97 Å². The maximum Gasteiger partial charge on any atom is 0.315 e. The first-order valence-corrected chi connectivity index (χ1v) is 10.3. The molecular formula is C21H23NO3S2. The maximum absolute atomic E-state index is 11.2. The van der Waals surface area contributed by atoms with E-state index in [1.165, 1.54) is 30.6 Å². The van der Waals surface area contributed by atoms with Crippen molar-refractivity contribution in [3.63, 3.8) is 0 Å². The van der Waals surface area contributed by atoms with Crippen molar-refractivity contribution in [2.24, 2.45) is 5.73 Å². The Morgan fingerprint density at radius 3 is 2.70 bits per heavy atom. The van der Waals surface area contributed by atoms with Crippen LogP contribution >= 0.6 is 23.5 Å². The molecule has 2 aromatic rings. The van der Waals surface area contributed by atoms with E-state index in [1.807, 2.05) is 60.0 Å². The predicted octanol–water partition coefficient (Wildman–Crippen LogP) is 4.68. The van der Waals surface area contributed by atoms with Crippen LogP contribution in [-0.4, -0.2) is 25.4 Å². The Morgan fingerprint density at radius 1 is 1.19 bits per heavy atom. The molecule has 0 bridgehead atoms. The fourth-order valence-corrected chi connectivity index (χ4v) is 3.51. The summed E-state index contributed by atoms with van der Waals surface area (Å²) >= 11 is 2.99. The fourth-order valence-electron chi connectivity index (χ4n) is 2.08. The van der Waals surface area contributed by atoms with Gasteiger partial charge in [-0.15, -0.1) is 11.8 Å². The molecule has 142 valence electrons. The normalized spacial score (nSPS) is 11.1. The molecule has 0 spiro atoms. The van der Waals surface area contributed by atoms with E-state index in [4.69, 9.17) is 10.5 Å². The van der Waals surface area contributed by atoms with Crippen LogP contribution in [0.15, 0.2) is 72.3 Å². The molecule has 0 aromatic heterocycles. The second-order valence-electron chi connectivity index (χ2n) is 5.60. The Balaban J connectivity index is 1.80. The second-order valence-corrected chi connectivity index (χ2v) is 7.55. The van der Waals surface area contributed by atoms with E-state index in [9.17, 15) is 4.79 Å². The standard InChI is InChI=1S/C21H23NO3S2/c1-16(18-8-4-3-5-9-18)27-14-19(22)12-25-20-10-6-7-17(11-20)13-26-15-21(23)24-2/h3-11,14H,1,12-13,15,22H2,2H3/b19-14-. The van der Waals surface area contributed by atoms with Crippen LogP contribution in [0.25, 0.3) is 4.91 Å². The summed E-state index contributed by atoms with van der Waals surface area (Å²) in [5.74, 6) is 1.57. The number of ether oxygens (including phenoxy) is 2. The lowest BCUT2D eigenvalue weighted by Crippen LogP contribution is -2.08. The monoisotopic (exact) mass is 401 g/mol. The number of carbonyl (C=O) groups is 1. The third-order valence-electron chi connectivity index (χ3n) is 3.47. The zero-order valence-electron chi connectivity index (χ0n) is 15.2. The molecule has 0 aliphatic rings. The molecule has 0 aliphatic heterocycles. The highest BCUT2D eigenvalue weighted by molar-refractivity contribution is 8.10. The molecule has 0 heterocycles. The number of rotatable bonds is 10. The van der Waals surface area contributed by atoms with Crippen LogP contribution in [0.2, 0.25) is 0 Å². The van der Waals surface area contributed by atoms with Crippen molar-refractivity contribution in [1.29, 1.82) is 0 Å². The fraction of sp³-hybridized carbons (Fsp3) is 0.190. The van der Waals surface area contributed by atoms with Gasteiger partial charge in [-0.25, -0.2) is 0 Å². The number of methoxy groups -OCH3 is 1. The van der Waals surface area contributed by atoms with Crippen molar-refractivity contribution in [3.05, 3.63) is 83.4 Å². The van der Waals surface area contributed by atoms with Crippen molar-refractivity contribution in [1.82, 2.24) is 0 Å². The Labute approximate surface area is 168 Å². The van der Waals surface area contributed by atoms with E-state index in [0.717, 1.165) is 21.8 Å². The van der Waals surface area contributed by atoms with Gasteiger partial charge < -0.3 is 15.2 Å². The minimum absolute atomic E-state index is 0.222.